The number of anilines is 2. The third-order valence-electron chi connectivity index (χ3n) is 2.93. The molecule has 0 aliphatic rings. The van der Waals surface area contributed by atoms with Gasteiger partial charge in [-0.3, -0.25) is 0 Å². The highest BCUT2D eigenvalue weighted by Crippen LogP contribution is 2.32. The first kappa shape index (κ1) is 13.3. The Morgan fingerprint density at radius 1 is 1.10 bits per heavy atom. The standard InChI is InChI=1S/C15H9BrClFN2/c16-12-5-6-14(11-4-2-1-3-10(11)12)20-15-13(18)7-9(17)8-19-15/h1-8H,(H,19,20). The summed E-state index contributed by atoms with van der Waals surface area (Å²) in [5.74, 6) is -0.327. The Hall–Kier alpha value is -1.65. The molecular weight excluding hydrogens is 343 g/mol. The summed E-state index contributed by atoms with van der Waals surface area (Å²) in [5.41, 5.74) is 0.789. The molecule has 1 aromatic heterocycles. The van der Waals surface area contributed by atoms with E-state index in [1.165, 1.54) is 12.3 Å². The number of nitrogens with one attached hydrogen (secondary N) is 1. The van der Waals surface area contributed by atoms with E-state index in [0.29, 0.717) is 0 Å². The molecule has 0 atom stereocenters. The molecule has 0 saturated heterocycles. The second-order valence-corrected chi connectivity index (χ2v) is 5.54. The SMILES string of the molecule is Fc1cc(Cl)cnc1Nc1ccc(Br)c2ccccc12. The number of rotatable bonds is 2. The monoisotopic (exact) mass is 350 g/mol. The van der Waals surface area contributed by atoms with E-state index in [0.717, 1.165) is 20.9 Å². The summed E-state index contributed by atoms with van der Waals surface area (Å²) in [6, 6.07) is 12.9. The van der Waals surface area contributed by atoms with Crippen molar-refractivity contribution in [1.82, 2.24) is 4.98 Å². The van der Waals surface area contributed by atoms with Crippen LogP contribution in [0, 0.1) is 5.82 Å². The van der Waals surface area contributed by atoms with E-state index in [1.54, 1.807) is 0 Å². The van der Waals surface area contributed by atoms with Gasteiger partial charge >= 0.3 is 0 Å². The molecule has 0 aliphatic carbocycles. The minimum Gasteiger partial charge on any atom is -0.337 e. The number of nitrogens with zero attached hydrogens (tertiary/aromatic N) is 1. The molecule has 0 spiro atoms. The van der Waals surface area contributed by atoms with Gasteiger partial charge in [-0.05, 0) is 23.6 Å². The molecule has 3 aromatic rings. The topological polar surface area (TPSA) is 24.9 Å². The molecule has 1 N–H and O–H groups in total. The molecule has 5 heteroatoms. The van der Waals surface area contributed by atoms with Crippen LogP contribution < -0.4 is 5.32 Å². The molecule has 0 saturated carbocycles. The van der Waals surface area contributed by atoms with Gasteiger partial charge in [0.15, 0.2) is 11.6 Å². The average molecular weight is 352 g/mol. The fourth-order valence-electron chi connectivity index (χ4n) is 2.01. The molecule has 2 aromatic carbocycles. The zero-order valence-corrected chi connectivity index (χ0v) is 12.5. The molecule has 0 aliphatic heterocycles. The van der Waals surface area contributed by atoms with Crippen LogP contribution in [0.3, 0.4) is 0 Å². The molecule has 100 valence electrons. The third kappa shape index (κ3) is 2.49. The van der Waals surface area contributed by atoms with Crippen molar-refractivity contribution in [3.63, 3.8) is 0 Å². The van der Waals surface area contributed by atoms with Crippen LogP contribution in [0.2, 0.25) is 5.02 Å². The van der Waals surface area contributed by atoms with Crippen molar-refractivity contribution >= 4 is 49.8 Å². The van der Waals surface area contributed by atoms with Gasteiger partial charge in [0.25, 0.3) is 0 Å². The predicted octanol–water partition coefficient (Wildman–Crippen LogP) is 5.53. The molecule has 2 nitrogen and oxygen atoms in total. The zero-order chi connectivity index (χ0) is 14.1. The zero-order valence-electron chi connectivity index (χ0n) is 10.2. The Morgan fingerprint density at radius 3 is 2.60 bits per heavy atom. The number of fused-ring (bicyclic) bond motifs is 1. The van der Waals surface area contributed by atoms with Crippen LogP contribution in [0.15, 0.2) is 53.1 Å². The van der Waals surface area contributed by atoms with Crippen LogP contribution in [0.25, 0.3) is 10.8 Å². The van der Waals surface area contributed by atoms with Crippen molar-refractivity contribution in [1.29, 1.82) is 0 Å². The number of benzene rings is 2. The molecule has 0 unspecified atom stereocenters. The first-order chi connectivity index (χ1) is 9.65. The van der Waals surface area contributed by atoms with E-state index < -0.39 is 5.82 Å². The molecule has 0 amide bonds. The lowest BCUT2D eigenvalue weighted by Crippen LogP contribution is -1.97. The molecule has 20 heavy (non-hydrogen) atoms. The normalized spacial score (nSPS) is 10.8. The maximum atomic E-state index is 13.8. The van der Waals surface area contributed by atoms with E-state index in [1.807, 2.05) is 36.4 Å². The van der Waals surface area contributed by atoms with Crippen LogP contribution in [-0.4, -0.2) is 4.98 Å². The molecule has 0 bridgehead atoms. The minimum atomic E-state index is -0.482. The van der Waals surface area contributed by atoms with Gasteiger partial charge in [0.05, 0.1) is 5.02 Å². The fraction of sp³-hybridized carbons (Fsp3) is 0. The van der Waals surface area contributed by atoms with E-state index in [9.17, 15) is 4.39 Å². The Bertz CT molecular complexity index is 792. The van der Waals surface area contributed by atoms with Crippen LogP contribution >= 0.6 is 27.5 Å². The first-order valence-corrected chi connectivity index (χ1v) is 7.07. The summed E-state index contributed by atoms with van der Waals surface area (Å²) in [6.07, 6.45) is 1.41. The van der Waals surface area contributed by atoms with Crippen molar-refractivity contribution in [2.45, 2.75) is 0 Å². The molecule has 3 rings (SSSR count). The summed E-state index contributed by atoms with van der Waals surface area (Å²) in [5, 5.41) is 5.31. The summed E-state index contributed by atoms with van der Waals surface area (Å²) < 4.78 is 14.8. The highest BCUT2D eigenvalue weighted by Gasteiger charge is 2.08. The average Bonchev–Trinajstić information content (AvgIpc) is 2.45. The van der Waals surface area contributed by atoms with E-state index in [4.69, 9.17) is 11.6 Å². The lowest BCUT2D eigenvalue weighted by Gasteiger charge is -2.11. The largest absolute Gasteiger partial charge is 0.337 e. The molecular formula is C15H9BrClFN2. The van der Waals surface area contributed by atoms with Crippen molar-refractivity contribution in [3.05, 3.63) is 64.0 Å². The summed E-state index contributed by atoms with van der Waals surface area (Å²) in [6.45, 7) is 0. The second-order valence-electron chi connectivity index (χ2n) is 4.25. The minimum absolute atomic E-state index is 0.155. The first-order valence-electron chi connectivity index (χ1n) is 5.90. The van der Waals surface area contributed by atoms with E-state index in [2.05, 4.69) is 26.2 Å². The van der Waals surface area contributed by atoms with E-state index >= 15 is 0 Å². The highest BCUT2D eigenvalue weighted by molar-refractivity contribution is 9.10. The lowest BCUT2D eigenvalue weighted by molar-refractivity contribution is 0.626. The Labute approximate surface area is 128 Å². The van der Waals surface area contributed by atoms with Crippen molar-refractivity contribution in [2.75, 3.05) is 5.32 Å². The second kappa shape index (κ2) is 5.38. The molecule has 1 heterocycles. The smallest absolute Gasteiger partial charge is 0.167 e. The maximum absolute atomic E-state index is 13.8. The van der Waals surface area contributed by atoms with Crippen molar-refractivity contribution < 1.29 is 4.39 Å². The van der Waals surface area contributed by atoms with Crippen LogP contribution in [0.1, 0.15) is 0 Å². The number of pyridine rings is 1. The predicted molar refractivity (Wildman–Crippen MR) is 84.1 cm³/mol. The maximum Gasteiger partial charge on any atom is 0.167 e. The number of hydrogen-bond donors (Lipinski definition) is 1. The molecule has 0 radical (unpaired) electrons. The third-order valence-corrected chi connectivity index (χ3v) is 3.83. The lowest BCUT2D eigenvalue weighted by atomic mass is 10.1. The van der Waals surface area contributed by atoms with E-state index in [-0.39, 0.29) is 10.8 Å². The summed E-state index contributed by atoms with van der Waals surface area (Å²) in [7, 11) is 0. The summed E-state index contributed by atoms with van der Waals surface area (Å²) in [4.78, 5) is 3.97. The van der Waals surface area contributed by atoms with Gasteiger partial charge in [-0.2, -0.15) is 0 Å². The fourth-order valence-corrected chi connectivity index (χ4v) is 2.63. The molecule has 0 fully saturated rings. The quantitative estimate of drug-likeness (QED) is 0.656. The van der Waals surface area contributed by atoms with Gasteiger partial charge in [-0.25, -0.2) is 9.37 Å². The number of halogens is 3. The van der Waals surface area contributed by atoms with Gasteiger partial charge in [-0.15, -0.1) is 0 Å². The Morgan fingerprint density at radius 2 is 1.85 bits per heavy atom. The van der Waals surface area contributed by atoms with Gasteiger partial charge < -0.3 is 5.32 Å². The van der Waals surface area contributed by atoms with Gasteiger partial charge in [-0.1, -0.05) is 51.8 Å². The Balaban J connectivity index is 2.09. The number of hydrogen-bond acceptors (Lipinski definition) is 2. The highest BCUT2D eigenvalue weighted by atomic mass is 79.9. The van der Waals surface area contributed by atoms with Crippen LogP contribution in [-0.2, 0) is 0 Å². The van der Waals surface area contributed by atoms with Gasteiger partial charge in [0, 0.05) is 21.7 Å². The van der Waals surface area contributed by atoms with Crippen molar-refractivity contribution in [2.24, 2.45) is 0 Å². The van der Waals surface area contributed by atoms with Crippen molar-refractivity contribution in [3.8, 4) is 0 Å². The number of aromatic nitrogens is 1. The van der Waals surface area contributed by atoms with Crippen LogP contribution in [0.4, 0.5) is 15.9 Å². The Kier molecular flexibility index (Phi) is 3.59. The van der Waals surface area contributed by atoms with Crippen LogP contribution in [0.5, 0.6) is 0 Å². The van der Waals surface area contributed by atoms with Gasteiger partial charge in [0.2, 0.25) is 0 Å². The van der Waals surface area contributed by atoms with Gasteiger partial charge in [0.1, 0.15) is 0 Å². The summed E-state index contributed by atoms with van der Waals surface area (Å²) >= 11 is 9.20.